The van der Waals surface area contributed by atoms with Crippen LogP contribution in [0, 0.1) is 13.8 Å². The van der Waals surface area contributed by atoms with E-state index in [1.165, 1.54) is 0 Å². The number of carbonyl (C=O) groups is 1. The summed E-state index contributed by atoms with van der Waals surface area (Å²) in [7, 11) is 1.68. The van der Waals surface area contributed by atoms with Crippen molar-refractivity contribution in [3.05, 3.63) is 27.8 Å². The molecule has 0 aliphatic heterocycles. The fraction of sp³-hybridized carbons (Fsp3) is 0.364. The van der Waals surface area contributed by atoms with Crippen LogP contribution in [0.15, 0.2) is 6.07 Å². The van der Waals surface area contributed by atoms with Gasteiger partial charge in [-0.1, -0.05) is 17.7 Å². The second kappa shape index (κ2) is 4.64. The van der Waals surface area contributed by atoms with Crippen LogP contribution in [0.4, 0.5) is 0 Å². The molecule has 82 valence electrons. The van der Waals surface area contributed by atoms with Gasteiger partial charge in [0.25, 0.3) is 0 Å². The smallest absolute Gasteiger partial charge is 0.180 e. The third-order valence-electron chi connectivity index (χ3n) is 2.23. The van der Waals surface area contributed by atoms with Crippen molar-refractivity contribution >= 4 is 17.4 Å². The molecule has 1 aromatic carbocycles. The van der Waals surface area contributed by atoms with Gasteiger partial charge in [-0.15, -0.1) is 0 Å². The quantitative estimate of drug-likeness (QED) is 0.778. The number of hydrogen-bond acceptors (Lipinski definition) is 3. The van der Waals surface area contributed by atoms with Crippen LogP contribution >= 0.6 is 11.6 Å². The molecule has 0 saturated carbocycles. The van der Waals surface area contributed by atoms with Crippen LogP contribution in [0.5, 0.6) is 5.75 Å². The largest absolute Gasteiger partial charge is 0.506 e. The van der Waals surface area contributed by atoms with Gasteiger partial charge in [0.15, 0.2) is 5.78 Å². The highest BCUT2D eigenvalue weighted by atomic mass is 35.5. The van der Waals surface area contributed by atoms with Crippen LogP contribution in [0.3, 0.4) is 0 Å². The molecule has 0 unspecified atom stereocenters. The van der Waals surface area contributed by atoms with Crippen LogP contribution in [0.1, 0.15) is 21.5 Å². The number of hydrogen-bond donors (Lipinski definition) is 2. The number of Topliss-reactive ketones (excluding diaryl/α,β-unsaturated/α-hetero) is 1. The highest BCUT2D eigenvalue weighted by Crippen LogP contribution is 2.33. The zero-order valence-electron chi connectivity index (χ0n) is 9.02. The number of likely N-dealkylation sites (N-methyl/N-ethyl adjacent to an activating group) is 1. The number of aromatic hydroxyl groups is 1. The maximum absolute atomic E-state index is 11.7. The second-order valence-electron chi connectivity index (χ2n) is 3.50. The third-order valence-corrected chi connectivity index (χ3v) is 2.71. The highest BCUT2D eigenvalue weighted by molar-refractivity contribution is 6.33. The Hall–Kier alpha value is -1.06. The van der Waals surface area contributed by atoms with Gasteiger partial charge in [-0.2, -0.15) is 0 Å². The minimum Gasteiger partial charge on any atom is -0.506 e. The predicted molar refractivity (Wildman–Crippen MR) is 60.8 cm³/mol. The molecule has 0 aliphatic rings. The van der Waals surface area contributed by atoms with E-state index in [1.54, 1.807) is 27.0 Å². The van der Waals surface area contributed by atoms with Gasteiger partial charge in [0.05, 0.1) is 17.1 Å². The number of benzene rings is 1. The number of phenolic OH excluding ortho intramolecular Hbond substituents is 1. The third kappa shape index (κ3) is 2.30. The van der Waals surface area contributed by atoms with E-state index in [9.17, 15) is 9.90 Å². The lowest BCUT2D eigenvalue weighted by Gasteiger charge is -2.10. The molecular weight excluding hydrogens is 214 g/mol. The SMILES string of the molecule is CNCC(=O)c1c(C)cc(C)c(Cl)c1O. The second-order valence-corrected chi connectivity index (χ2v) is 3.88. The van der Waals surface area contributed by atoms with E-state index in [2.05, 4.69) is 5.32 Å². The Bertz CT molecular complexity index is 402. The van der Waals surface area contributed by atoms with Crippen LogP contribution < -0.4 is 5.32 Å². The van der Waals surface area contributed by atoms with Crippen molar-refractivity contribution in [3.8, 4) is 5.75 Å². The van der Waals surface area contributed by atoms with Crippen molar-refractivity contribution in [3.63, 3.8) is 0 Å². The molecular formula is C11H14ClNO2. The van der Waals surface area contributed by atoms with Crippen molar-refractivity contribution in [1.82, 2.24) is 5.32 Å². The molecule has 0 aliphatic carbocycles. The average Bonchev–Trinajstić information content (AvgIpc) is 2.15. The Morgan fingerprint density at radius 2 is 2.07 bits per heavy atom. The summed E-state index contributed by atoms with van der Waals surface area (Å²) >= 11 is 5.88. The number of nitrogens with one attached hydrogen (secondary N) is 1. The molecule has 0 atom stereocenters. The topological polar surface area (TPSA) is 49.3 Å². The monoisotopic (exact) mass is 227 g/mol. The molecule has 3 nitrogen and oxygen atoms in total. The van der Waals surface area contributed by atoms with E-state index in [-0.39, 0.29) is 23.1 Å². The summed E-state index contributed by atoms with van der Waals surface area (Å²) in [6.45, 7) is 3.76. The molecule has 0 spiro atoms. The lowest BCUT2D eigenvalue weighted by atomic mass is 10.0. The molecule has 1 rings (SSSR count). The van der Waals surface area contributed by atoms with Crippen LogP contribution in [0.25, 0.3) is 0 Å². The molecule has 4 heteroatoms. The summed E-state index contributed by atoms with van der Waals surface area (Å²) in [5.41, 5.74) is 1.82. The Labute approximate surface area is 94.1 Å². The average molecular weight is 228 g/mol. The van der Waals surface area contributed by atoms with Crippen LogP contribution in [0.2, 0.25) is 5.02 Å². The number of aryl methyl sites for hydroxylation is 2. The molecule has 0 heterocycles. The van der Waals surface area contributed by atoms with Crippen molar-refractivity contribution in [2.75, 3.05) is 13.6 Å². The van der Waals surface area contributed by atoms with E-state index < -0.39 is 0 Å². The maximum atomic E-state index is 11.7. The Kier molecular flexibility index (Phi) is 3.72. The normalized spacial score (nSPS) is 10.4. The Morgan fingerprint density at radius 1 is 1.47 bits per heavy atom. The van der Waals surface area contributed by atoms with Crippen molar-refractivity contribution < 1.29 is 9.90 Å². The molecule has 0 bridgehead atoms. The molecule has 0 saturated heterocycles. The van der Waals surface area contributed by atoms with Crippen molar-refractivity contribution in [2.45, 2.75) is 13.8 Å². The standard InChI is InChI=1S/C11H14ClNO2/c1-6-4-7(2)10(12)11(15)9(6)8(14)5-13-3/h4,13,15H,5H2,1-3H3. The first-order valence-corrected chi connectivity index (χ1v) is 5.03. The first-order chi connectivity index (χ1) is 6.99. The summed E-state index contributed by atoms with van der Waals surface area (Å²) in [5, 5.41) is 12.8. The van der Waals surface area contributed by atoms with Gasteiger partial charge < -0.3 is 10.4 Å². The van der Waals surface area contributed by atoms with Crippen LogP contribution in [-0.2, 0) is 0 Å². The number of halogens is 1. The predicted octanol–water partition coefficient (Wildman–Crippen LogP) is 2.06. The van der Waals surface area contributed by atoms with E-state index in [0.29, 0.717) is 5.56 Å². The summed E-state index contributed by atoms with van der Waals surface area (Å²) in [6, 6.07) is 1.80. The van der Waals surface area contributed by atoms with Gasteiger partial charge in [-0.3, -0.25) is 4.79 Å². The zero-order chi connectivity index (χ0) is 11.6. The van der Waals surface area contributed by atoms with Gasteiger partial charge in [-0.25, -0.2) is 0 Å². The summed E-state index contributed by atoms with van der Waals surface area (Å²) in [5.74, 6) is -0.274. The van der Waals surface area contributed by atoms with E-state index in [0.717, 1.165) is 11.1 Å². The first kappa shape index (κ1) is 12.0. The lowest BCUT2D eigenvalue weighted by molar-refractivity contribution is 0.0990. The van der Waals surface area contributed by atoms with E-state index in [1.807, 2.05) is 0 Å². The number of ketones is 1. The maximum Gasteiger partial charge on any atom is 0.180 e. The first-order valence-electron chi connectivity index (χ1n) is 4.65. The molecule has 15 heavy (non-hydrogen) atoms. The number of rotatable bonds is 3. The van der Waals surface area contributed by atoms with Gasteiger partial charge in [0.2, 0.25) is 0 Å². The minimum atomic E-state index is -0.158. The van der Waals surface area contributed by atoms with E-state index >= 15 is 0 Å². The molecule has 0 amide bonds. The fourth-order valence-corrected chi connectivity index (χ4v) is 1.69. The zero-order valence-corrected chi connectivity index (χ0v) is 9.77. The molecule has 1 aromatic rings. The van der Waals surface area contributed by atoms with Gasteiger partial charge in [0.1, 0.15) is 5.75 Å². The molecule has 2 N–H and O–H groups in total. The minimum absolute atomic E-state index is 0.116. The van der Waals surface area contributed by atoms with Gasteiger partial charge in [-0.05, 0) is 32.0 Å². The van der Waals surface area contributed by atoms with Crippen molar-refractivity contribution in [1.29, 1.82) is 0 Å². The highest BCUT2D eigenvalue weighted by Gasteiger charge is 2.17. The Balaban J connectivity index is 3.29. The molecule has 0 aromatic heterocycles. The summed E-state index contributed by atoms with van der Waals surface area (Å²) in [4.78, 5) is 11.7. The van der Waals surface area contributed by atoms with Gasteiger partial charge in [0, 0.05) is 0 Å². The lowest BCUT2D eigenvalue weighted by Crippen LogP contribution is -2.19. The molecule has 0 fully saturated rings. The van der Waals surface area contributed by atoms with E-state index in [4.69, 9.17) is 11.6 Å². The fourth-order valence-electron chi connectivity index (χ4n) is 1.54. The Morgan fingerprint density at radius 3 is 2.60 bits per heavy atom. The summed E-state index contributed by atoms with van der Waals surface area (Å²) < 4.78 is 0. The van der Waals surface area contributed by atoms with Crippen LogP contribution in [-0.4, -0.2) is 24.5 Å². The van der Waals surface area contributed by atoms with Gasteiger partial charge >= 0.3 is 0 Å². The van der Waals surface area contributed by atoms with Crippen molar-refractivity contribution in [2.24, 2.45) is 0 Å². The number of carbonyl (C=O) groups excluding carboxylic acids is 1. The number of phenols is 1. The summed E-state index contributed by atoms with van der Waals surface area (Å²) in [6.07, 6.45) is 0. The molecule has 0 radical (unpaired) electrons.